The van der Waals surface area contributed by atoms with Gasteiger partial charge in [-0.3, -0.25) is 29.0 Å². The number of hydrogen-bond donors (Lipinski definition) is 1. The number of aromatic nitrogens is 2. The Kier molecular flexibility index (Phi) is 14.3. The SMILES string of the molecule is CCCCCCC(CCCCCC)N1C(=O)c2ccc3c4c2c(c(N2CCCC2)cc4c2ccc4c5c(c6[nH]c(-c7ccccc7)nc6c3c52)C(=O)N(C(CCCCCC)CCCCCC)C4=O)C1=O. The number of nitrogens with one attached hydrogen (secondary N) is 1. The van der Waals surface area contributed by atoms with Crippen molar-refractivity contribution in [2.24, 2.45) is 0 Å². The molecule has 7 aromatic rings. The molecule has 6 aromatic carbocycles. The Morgan fingerprint density at radius 1 is 0.500 bits per heavy atom. The van der Waals surface area contributed by atoms with Gasteiger partial charge in [-0.05, 0) is 78.3 Å². The number of hydrogen-bond acceptors (Lipinski definition) is 6. The second kappa shape index (κ2) is 20.9. The summed E-state index contributed by atoms with van der Waals surface area (Å²) in [5, 5.41) is 6.62. The van der Waals surface area contributed by atoms with Gasteiger partial charge in [0.1, 0.15) is 5.82 Å². The van der Waals surface area contributed by atoms with Crippen LogP contribution in [0.4, 0.5) is 5.69 Å². The lowest BCUT2D eigenvalue weighted by Crippen LogP contribution is -2.47. The molecule has 1 aromatic heterocycles. The van der Waals surface area contributed by atoms with Crippen LogP contribution in [-0.2, 0) is 0 Å². The van der Waals surface area contributed by atoms with Gasteiger partial charge in [0.25, 0.3) is 23.6 Å². The summed E-state index contributed by atoms with van der Waals surface area (Å²) in [6.07, 6.45) is 22.5. The van der Waals surface area contributed by atoms with Crippen LogP contribution in [-0.4, -0.2) is 68.6 Å². The monoisotopic (exact) mass is 940 g/mol. The van der Waals surface area contributed by atoms with E-state index in [0.717, 1.165) is 203 Å². The molecule has 1 N–H and O–H groups in total. The van der Waals surface area contributed by atoms with Gasteiger partial charge in [-0.1, -0.05) is 173 Å². The number of benzene rings is 6. The van der Waals surface area contributed by atoms with E-state index in [1.165, 1.54) is 0 Å². The van der Waals surface area contributed by atoms with E-state index >= 15 is 19.2 Å². The lowest BCUT2D eigenvalue weighted by atomic mass is 9.80. The van der Waals surface area contributed by atoms with E-state index in [9.17, 15) is 0 Å². The molecule has 10 rings (SSSR count). The normalized spacial score (nSPS) is 15.2. The predicted octanol–water partition coefficient (Wildman–Crippen LogP) is 15.7. The average molecular weight is 940 g/mol. The van der Waals surface area contributed by atoms with Gasteiger partial charge in [0, 0.05) is 63.4 Å². The summed E-state index contributed by atoms with van der Waals surface area (Å²) in [6.45, 7) is 10.5. The molecule has 366 valence electrons. The lowest BCUT2D eigenvalue weighted by molar-refractivity contribution is 0.0502. The maximum Gasteiger partial charge on any atom is 0.263 e. The molecule has 0 bridgehead atoms. The zero-order valence-electron chi connectivity index (χ0n) is 42.3. The van der Waals surface area contributed by atoms with E-state index in [1.807, 2.05) is 42.5 Å². The van der Waals surface area contributed by atoms with Crippen LogP contribution in [0.25, 0.3) is 65.5 Å². The van der Waals surface area contributed by atoms with E-state index in [2.05, 4.69) is 55.8 Å². The highest BCUT2D eigenvalue weighted by molar-refractivity contribution is 6.46. The van der Waals surface area contributed by atoms with Crippen LogP contribution in [0.5, 0.6) is 0 Å². The van der Waals surface area contributed by atoms with Gasteiger partial charge in [-0.2, -0.15) is 0 Å². The minimum absolute atomic E-state index is 0.172. The first-order valence-electron chi connectivity index (χ1n) is 27.6. The highest BCUT2D eigenvalue weighted by Gasteiger charge is 2.43. The summed E-state index contributed by atoms with van der Waals surface area (Å²) in [5.74, 6) is -0.219. The Morgan fingerprint density at radius 3 is 1.53 bits per heavy atom. The number of imide groups is 2. The molecule has 9 nitrogen and oxygen atoms in total. The van der Waals surface area contributed by atoms with Crippen molar-refractivity contribution >= 4 is 83.4 Å². The topological polar surface area (TPSA) is 107 Å². The first-order valence-corrected chi connectivity index (χ1v) is 27.6. The van der Waals surface area contributed by atoms with E-state index in [4.69, 9.17) is 4.98 Å². The Hall–Kier alpha value is -5.83. The number of nitrogens with zero attached hydrogens (tertiary/aromatic N) is 4. The maximum absolute atomic E-state index is 15.6. The number of imidazole rings is 1. The van der Waals surface area contributed by atoms with Gasteiger partial charge >= 0.3 is 0 Å². The number of carbonyl (C=O) groups is 4. The Balaban J connectivity index is 1.22. The third kappa shape index (κ3) is 8.32. The second-order valence-electron chi connectivity index (χ2n) is 20.9. The van der Waals surface area contributed by atoms with Gasteiger partial charge in [0.05, 0.1) is 27.8 Å². The van der Waals surface area contributed by atoms with Crippen molar-refractivity contribution in [2.75, 3.05) is 18.0 Å². The molecule has 3 aliphatic heterocycles. The van der Waals surface area contributed by atoms with Crippen molar-refractivity contribution in [3.05, 3.63) is 82.9 Å². The minimum Gasteiger partial charge on any atom is -0.371 e. The predicted molar refractivity (Wildman–Crippen MR) is 288 cm³/mol. The molecule has 0 radical (unpaired) electrons. The van der Waals surface area contributed by atoms with Crippen LogP contribution in [0.15, 0.2) is 60.7 Å². The van der Waals surface area contributed by atoms with Crippen molar-refractivity contribution in [1.82, 2.24) is 19.8 Å². The zero-order chi connectivity index (χ0) is 48.5. The number of anilines is 1. The fraction of sp³-hybridized carbons (Fsp3) is 0.492. The van der Waals surface area contributed by atoms with Crippen LogP contribution in [0.2, 0.25) is 0 Å². The van der Waals surface area contributed by atoms with Crippen LogP contribution in [0, 0.1) is 0 Å². The maximum atomic E-state index is 15.6. The first kappa shape index (κ1) is 47.8. The molecular weight excluding hydrogens is 867 g/mol. The number of rotatable bonds is 24. The molecular formula is C61H73N5O4. The highest BCUT2D eigenvalue weighted by Crippen LogP contribution is 2.52. The van der Waals surface area contributed by atoms with Crippen molar-refractivity contribution in [3.8, 4) is 11.4 Å². The van der Waals surface area contributed by atoms with E-state index < -0.39 is 0 Å². The second-order valence-corrected chi connectivity index (χ2v) is 20.9. The highest BCUT2D eigenvalue weighted by atomic mass is 16.2. The Labute approximate surface area is 414 Å². The number of unbranched alkanes of at least 4 members (excludes halogenated alkanes) is 12. The van der Waals surface area contributed by atoms with Crippen LogP contribution < -0.4 is 4.90 Å². The van der Waals surface area contributed by atoms with Crippen LogP contribution >= 0.6 is 0 Å². The molecule has 0 atom stereocenters. The lowest BCUT2D eigenvalue weighted by Gasteiger charge is -2.37. The fourth-order valence-corrected chi connectivity index (χ4v) is 12.7. The number of carbonyl (C=O) groups excluding carboxylic acids is 4. The minimum atomic E-state index is -0.255. The smallest absolute Gasteiger partial charge is 0.263 e. The number of amides is 4. The largest absolute Gasteiger partial charge is 0.371 e. The molecule has 0 spiro atoms. The molecule has 4 heterocycles. The zero-order valence-corrected chi connectivity index (χ0v) is 42.3. The van der Waals surface area contributed by atoms with Crippen LogP contribution in [0.1, 0.15) is 210 Å². The third-order valence-corrected chi connectivity index (χ3v) is 16.3. The fourth-order valence-electron chi connectivity index (χ4n) is 12.7. The first-order chi connectivity index (χ1) is 34.3. The number of H-pyrrole nitrogens is 1. The van der Waals surface area contributed by atoms with E-state index in [1.54, 1.807) is 9.80 Å². The molecule has 9 heteroatoms. The number of aromatic amines is 1. The molecule has 0 unspecified atom stereocenters. The van der Waals surface area contributed by atoms with Gasteiger partial charge in [0.2, 0.25) is 0 Å². The molecule has 0 saturated carbocycles. The third-order valence-electron chi connectivity index (χ3n) is 16.3. The van der Waals surface area contributed by atoms with Crippen molar-refractivity contribution in [1.29, 1.82) is 0 Å². The van der Waals surface area contributed by atoms with Gasteiger partial charge in [0.15, 0.2) is 0 Å². The van der Waals surface area contributed by atoms with Gasteiger partial charge < -0.3 is 9.88 Å². The van der Waals surface area contributed by atoms with Crippen LogP contribution in [0.3, 0.4) is 0 Å². The summed E-state index contributed by atoms with van der Waals surface area (Å²) in [6, 6.07) is 19.9. The molecule has 1 saturated heterocycles. The van der Waals surface area contributed by atoms with E-state index in [-0.39, 0.29) is 35.7 Å². The summed E-state index contributed by atoms with van der Waals surface area (Å²) >= 11 is 0. The standard InChI is InChI=1S/C61H73N5O4/c1-5-9-13-20-28-40(29-21-14-10-6-2)65-58(67)44-35-33-43-48-46(38-47(64-36-24-25-37-64)53(50(44)48)60(65)69)42-32-34-45-51-49(42)52(43)55-56(63-57(62-55)39-26-18-17-19-27-39)54(51)61(70)66(59(45)68)41(30-22-15-11-7-3)31-23-16-12-8-4/h17-19,26-27,32-35,38,40-41H,5-16,20-25,28-31,36-37H2,1-4H3,(H,62,63). The van der Waals surface area contributed by atoms with Crippen molar-refractivity contribution in [3.63, 3.8) is 0 Å². The summed E-state index contributed by atoms with van der Waals surface area (Å²) in [5.41, 5.74) is 5.30. The molecule has 70 heavy (non-hydrogen) atoms. The average Bonchev–Trinajstić information content (AvgIpc) is 4.09. The molecule has 1 fully saturated rings. The Bertz CT molecular complexity index is 3050. The van der Waals surface area contributed by atoms with Crippen molar-refractivity contribution in [2.45, 2.75) is 181 Å². The summed E-state index contributed by atoms with van der Waals surface area (Å²) < 4.78 is 0. The van der Waals surface area contributed by atoms with Crippen molar-refractivity contribution < 1.29 is 19.2 Å². The molecule has 3 aliphatic rings. The van der Waals surface area contributed by atoms with E-state index in [0.29, 0.717) is 44.5 Å². The molecule has 4 amide bonds. The quantitative estimate of drug-likeness (QED) is 0.0280. The number of fused-ring (bicyclic) bond motifs is 5. The molecule has 0 aliphatic carbocycles. The van der Waals surface area contributed by atoms with Gasteiger partial charge in [-0.15, -0.1) is 0 Å². The summed E-state index contributed by atoms with van der Waals surface area (Å²) in [4.78, 5) is 76.5. The summed E-state index contributed by atoms with van der Waals surface area (Å²) in [7, 11) is 0. The van der Waals surface area contributed by atoms with Gasteiger partial charge in [-0.25, -0.2) is 4.98 Å². The Morgan fingerprint density at radius 2 is 1.00 bits per heavy atom.